The smallest absolute Gasteiger partial charge is 0.0541 e. The molecule has 0 spiro atoms. The van der Waals surface area contributed by atoms with Crippen molar-refractivity contribution in [3.8, 4) is 5.69 Å². The van der Waals surface area contributed by atoms with Crippen LogP contribution >= 0.6 is 0 Å². The van der Waals surface area contributed by atoms with Gasteiger partial charge in [0, 0.05) is 16.5 Å². The predicted molar refractivity (Wildman–Crippen MR) is 99.6 cm³/mol. The van der Waals surface area contributed by atoms with E-state index in [2.05, 4.69) is 92.1 Å². The molecule has 1 nitrogen and oxygen atoms in total. The van der Waals surface area contributed by atoms with Gasteiger partial charge in [-0.05, 0) is 48.7 Å². The lowest BCUT2D eigenvalue weighted by Crippen LogP contribution is -1.96. The quantitative estimate of drug-likeness (QED) is 0.414. The van der Waals surface area contributed by atoms with Gasteiger partial charge < -0.3 is 4.57 Å². The summed E-state index contributed by atoms with van der Waals surface area (Å²) in [6.45, 7) is 6.65. The number of aromatic nitrogens is 1. The number of nitrogens with zero attached hydrogens (tertiary/aromatic N) is 1. The zero-order valence-corrected chi connectivity index (χ0v) is 13.9. The first-order valence-corrected chi connectivity index (χ1v) is 8.25. The molecular weight excluding hydrogens is 278 g/mol. The van der Waals surface area contributed by atoms with Crippen LogP contribution in [0.2, 0.25) is 0 Å². The lowest BCUT2D eigenvalue weighted by molar-refractivity contribution is 0.864. The molecule has 0 saturated carbocycles. The van der Waals surface area contributed by atoms with Crippen molar-refractivity contribution < 1.29 is 0 Å². The van der Waals surface area contributed by atoms with Gasteiger partial charge in [-0.3, -0.25) is 0 Å². The number of fused-ring (bicyclic) bond motifs is 3. The maximum Gasteiger partial charge on any atom is 0.0541 e. The molecule has 0 unspecified atom stereocenters. The Morgan fingerprint density at radius 1 is 0.739 bits per heavy atom. The molecule has 0 radical (unpaired) electrons. The molecule has 1 heteroatoms. The van der Waals surface area contributed by atoms with Gasteiger partial charge >= 0.3 is 0 Å². The van der Waals surface area contributed by atoms with Gasteiger partial charge in [-0.15, -0.1) is 0 Å². The van der Waals surface area contributed by atoms with Gasteiger partial charge in [-0.25, -0.2) is 0 Å². The molecule has 4 rings (SSSR count). The molecule has 0 bridgehead atoms. The number of aryl methyl sites for hydroxylation is 1. The van der Waals surface area contributed by atoms with Gasteiger partial charge in [-0.1, -0.05) is 55.8 Å². The minimum Gasteiger partial charge on any atom is -0.309 e. The van der Waals surface area contributed by atoms with Crippen molar-refractivity contribution in [1.82, 2.24) is 4.57 Å². The van der Waals surface area contributed by atoms with Crippen LogP contribution in [-0.4, -0.2) is 4.57 Å². The van der Waals surface area contributed by atoms with Gasteiger partial charge in [0.2, 0.25) is 0 Å². The number of benzene rings is 3. The molecule has 0 N–H and O–H groups in total. The Morgan fingerprint density at radius 3 is 2.35 bits per heavy atom. The normalized spacial score (nSPS) is 11.7. The van der Waals surface area contributed by atoms with E-state index in [1.54, 1.807) is 0 Å². The highest BCUT2D eigenvalue weighted by molar-refractivity contribution is 6.09. The van der Waals surface area contributed by atoms with Crippen LogP contribution in [-0.2, 0) is 0 Å². The second-order valence-electron chi connectivity index (χ2n) is 6.62. The van der Waals surface area contributed by atoms with E-state index in [1.807, 2.05) is 0 Å². The Morgan fingerprint density at radius 2 is 1.52 bits per heavy atom. The highest BCUT2D eigenvalue weighted by Crippen LogP contribution is 2.33. The summed E-state index contributed by atoms with van der Waals surface area (Å²) in [6, 6.07) is 24.3. The first-order chi connectivity index (χ1) is 11.1. The van der Waals surface area contributed by atoms with Gasteiger partial charge in [0.05, 0.1) is 11.0 Å². The van der Waals surface area contributed by atoms with E-state index in [1.165, 1.54) is 38.6 Å². The molecule has 0 fully saturated rings. The Hall–Kier alpha value is -2.54. The van der Waals surface area contributed by atoms with Crippen molar-refractivity contribution in [2.24, 2.45) is 0 Å². The summed E-state index contributed by atoms with van der Waals surface area (Å²) < 4.78 is 2.38. The monoisotopic (exact) mass is 299 g/mol. The topological polar surface area (TPSA) is 4.93 Å². The van der Waals surface area contributed by atoms with Crippen molar-refractivity contribution in [2.75, 3.05) is 0 Å². The van der Waals surface area contributed by atoms with Gasteiger partial charge in [-0.2, -0.15) is 0 Å². The fraction of sp³-hybridized carbons (Fsp3) is 0.182. The molecule has 1 aromatic heterocycles. The molecule has 1 heterocycles. The average Bonchev–Trinajstić information content (AvgIpc) is 2.89. The van der Waals surface area contributed by atoms with E-state index < -0.39 is 0 Å². The van der Waals surface area contributed by atoms with E-state index >= 15 is 0 Å². The number of hydrogen-bond acceptors (Lipinski definition) is 0. The van der Waals surface area contributed by atoms with Gasteiger partial charge in [0.15, 0.2) is 0 Å². The highest BCUT2D eigenvalue weighted by Gasteiger charge is 2.12. The van der Waals surface area contributed by atoms with E-state index in [4.69, 9.17) is 0 Å². The maximum atomic E-state index is 2.38. The van der Waals surface area contributed by atoms with E-state index in [0.717, 1.165) is 0 Å². The Labute approximate surface area is 137 Å². The SMILES string of the molecule is Cc1ccc2c(c1)c1ccccc1n2-c1cccc(C(C)C)c1. The maximum absolute atomic E-state index is 2.38. The number of rotatable bonds is 2. The van der Waals surface area contributed by atoms with Crippen molar-refractivity contribution in [2.45, 2.75) is 26.7 Å². The lowest BCUT2D eigenvalue weighted by Gasteiger charge is -2.11. The molecular formula is C22H21N. The average molecular weight is 299 g/mol. The first-order valence-electron chi connectivity index (χ1n) is 8.25. The summed E-state index contributed by atoms with van der Waals surface area (Å²) in [5, 5.41) is 2.65. The van der Waals surface area contributed by atoms with Crippen molar-refractivity contribution in [3.05, 3.63) is 77.9 Å². The van der Waals surface area contributed by atoms with Crippen LogP contribution in [0.3, 0.4) is 0 Å². The van der Waals surface area contributed by atoms with Crippen molar-refractivity contribution >= 4 is 21.8 Å². The summed E-state index contributed by atoms with van der Waals surface area (Å²) in [5.41, 5.74) is 6.47. The second kappa shape index (κ2) is 5.27. The Kier molecular flexibility index (Phi) is 3.23. The van der Waals surface area contributed by atoms with Crippen LogP contribution < -0.4 is 0 Å². The fourth-order valence-corrected chi connectivity index (χ4v) is 3.39. The van der Waals surface area contributed by atoms with E-state index in [-0.39, 0.29) is 0 Å². The van der Waals surface area contributed by atoms with Crippen LogP contribution in [0.1, 0.15) is 30.9 Å². The highest BCUT2D eigenvalue weighted by atomic mass is 15.0. The second-order valence-corrected chi connectivity index (χ2v) is 6.62. The molecule has 0 amide bonds. The Bertz CT molecular complexity index is 1010. The third kappa shape index (κ3) is 2.24. The standard InChI is InChI=1S/C22H21N/c1-15(2)17-7-6-8-18(14-17)23-21-10-5-4-9-19(21)20-13-16(3)11-12-22(20)23/h4-15H,1-3H3. The molecule has 4 aromatic rings. The zero-order chi connectivity index (χ0) is 16.0. The molecule has 0 saturated heterocycles. The summed E-state index contributed by atoms with van der Waals surface area (Å²) in [6.07, 6.45) is 0. The predicted octanol–water partition coefficient (Wildman–Crippen LogP) is 6.22. The van der Waals surface area contributed by atoms with Crippen LogP contribution in [0.15, 0.2) is 66.7 Å². The molecule has 23 heavy (non-hydrogen) atoms. The molecule has 0 atom stereocenters. The van der Waals surface area contributed by atoms with Crippen LogP contribution in [0.5, 0.6) is 0 Å². The molecule has 114 valence electrons. The van der Waals surface area contributed by atoms with E-state index in [0.29, 0.717) is 5.92 Å². The zero-order valence-electron chi connectivity index (χ0n) is 13.9. The third-order valence-corrected chi connectivity index (χ3v) is 4.62. The minimum atomic E-state index is 0.533. The molecule has 0 aliphatic carbocycles. The van der Waals surface area contributed by atoms with Gasteiger partial charge in [0.25, 0.3) is 0 Å². The lowest BCUT2D eigenvalue weighted by atomic mass is 10.0. The minimum absolute atomic E-state index is 0.533. The summed E-state index contributed by atoms with van der Waals surface area (Å²) in [4.78, 5) is 0. The Balaban J connectivity index is 2.11. The van der Waals surface area contributed by atoms with Crippen LogP contribution in [0.4, 0.5) is 0 Å². The summed E-state index contributed by atoms with van der Waals surface area (Å²) >= 11 is 0. The van der Waals surface area contributed by atoms with Crippen molar-refractivity contribution in [1.29, 1.82) is 0 Å². The summed E-state index contributed by atoms with van der Waals surface area (Å²) in [7, 11) is 0. The van der Waals surface area contributed by atoms with Crippen LogP contribution in [0, 0.1) is 6.92 Å². The third-order valence-electron chi connectivity index (χ3n) is 4.62. The van der Waals surface area contributed by atoms with Crippen molar-refractivity contribution in [3.63, 3.8) is 0 Å². The number of para-hydroxylation sites is 1. The van der Waals surface area contributed by atoms with Gasteiger partial charge in [0.1, 0.15) is 0 Å². The summed E-state index contributed by atoms with van der Waals surface area (Å²) in [5.74, 6) is 0.533. The van der Waals surface area contributed by atoms with E-state index in [9.17, 15) is 0 Å². The first kappa shape index (κ1) is 14.1. The fourth-order valence-electron chi connectivity index (χ4n) is 3.39. The number of hydrogen-bond donors (Lipinski definition) is 0. The molecule has 0 aliphatic rings. The molecule has 0 aliphatic heterocycles. The largest absolute Gasteiger partial charge is 0.309 e. The molecule has 3 aromatic carbocycles. The van der Waals surface area contributed by atoms with Crippen LogP contribution in [0.25, 0.3) is 27.5 Å².